The van der Waals surface area contributed by atoms with Gasteiger partial charge in [0.15, 0.2) is 5.82 Å². The monoisotopic (exact) mass is 170 g/mol. The Morgan fingerprint density at radius 1 is 1.75 bits per heavy atom. The van der Waals surface area contributed by atoms with Gasteiger partial charge in [0.1, 0.15) is 6.04 Å². The maximum absolute atomic E-state index is 10.5. The molecule has 0 radical (unpaired) electrons. The summed E-state index contributed by atoms with van der Waals surface area (Å²) >= 11 is 0. The Bertz CT molecular complexity index is 283. The molecule has 0 aliphatic heterocycles. The van der Waals surface area contributed by atoms with E-state index in [1.54, 1.807) is 0 Å². The van der Waals surface area contributed by atoms with Gasteiger partial charge in [-0.05, 0) is 17.4 Å². The van der Waals surface area contributed by atoms with Gasteiger partial charge in [0.2, 0.25) is 0 Å². The van der Waals surface area contributed by atoms with E-state index in [0.717, 1.165) is 0 Å². The Morgan fingerprint density at radius 2 is 2.42 bits per heavy atom. The van der Waals surface area contributed by atoms with Crippen LogP contribution in [-0.2, 0) is 11.2 Å². The zero-order valence-electron chi connectivity index (χ0n) is 6.93. The Labute approximate surface area is 69.2 Å². The molecule has 0 bridgehead atoms. The lowest BCUT2D eigenvalue weighted by molar-refractivity contribution is -0.140. The van der Waals surface area contributed by atoms with E-state index in [9.17, 15) is 4.79 Å². The van der Waals surface area contributed by atoms with Crippen molar-refractivity contribution in [3.05, 3.63) is 5.82 Å². The van der Waals surface area contributed by atoms with E-state index >= 15 is 0 Å². The molecule has 1 rings (SSSR count). The van der Waals surface area contributed by atoms with Crippen LogP contribution in [-0.4, -0.2) is 31.3 Å². The highest BCUT2D eigenvalue weighted by molar-refractivity contribution is 5.71. The van der Waals surface area contributed by atoms with Crippen LogP contribution >= 0.6 is 0 Å². The van der Waals surface area contributed by atoms with Crippen molar-refractivity contribution in [3.8, 4) is 0 Å². The Balaban J connectivity index is 2.93. The first-order valence-corrected chi connectivity index (χ1v) is 3.66. The molecule has 1 unspecified atom stereocenters. The first kappa shape index (κ1) is 8.63. The topological polar surface area (TPSA) is 80.9 Å². The van der Waals surface area contributed by atoms with Crippen molar-refractivity contribution in [1.82, 2.24) is 20.2 Å². The minimum Gasteiger partial charge on any atom is -0.480 e. The van der Waals surface area contributed by atoms with Gasteiger partial charge in [-0.15, -0.1) is 5.10 Å². The molecule has 6 heteroatoms. The zero-order chi connectivity index (χ0) is 9.14. The number of carboxylic acids is 1. The van der Waals surface area contributed by atoms with Gasteiger partial charge < -0.3 is 5.11 Å². The smallest absolute Gasteiger partial charge is 0.328 e. The lowest BCUT2D eigenvalue weighted by atomic mass is 10.3. The number of aryl methyl sites for hydroxylation is 1. The van der Waals surface area contributed by atoms with Crippen LogP contribution in [0.5, 0.6) is 0 Å². The van der Waals surface area contributed by atoms with Gasteiger partial charge in [-0.2, -0.15) is 0 Å². The number of rotatable bonds is 3. The zero-order valence-corrected chi connectivity index (χ0v) is 6.93. The van der Waals surface area contributed by atoms with Gasteiger partial charge in [0, 0.05) is 6.42 Å². The summed E-state index contributed by atoms with van der Waals surface area (Å²) in [6.45, 7) is 3.41. The fraction of sp³-hybridized carbons (Fsp3) is 0.667. The first-order chi connectivity index (χ1) is 5.66. The molecule has 6 nitrogen and oxygen atoms in total. The number of nitrogens with zero attached hydrogens (tertiary/aromatic N) is 4. The molecule has 1 aromatic rings. The summed E-state index contributed by atoms with van der Waals surface area (Å²) in [5.41, 5.74) is 0. The van der Waals surface area contributed by atoms with Crippen molar-refractivity contribution < 1.29 is 9.90 Å². The summed E-state index contributed by atoms with van der Waals surface area (Å²) in [4.78, 5) is 10.5. The normalized spacial score (nSPS) is 12.8. The third kappa shape index (κ3) is 1.41. The maximum atomic E-state index is 10.5. The van der Waals surface area contributed by atoms with Gasteiger partial charge >= 0.3 is 5.97 Å². The van der Waals surface area contributed by atoms with Crippen LogP contribution in [0.4, 0.5) is 0 Å². The second kappa shape index (κ2) is 3.29. The quantitative estimate of drug-likeness (QED) is 0.684. The number of aliphatic carboxylic acids is 1. The summed E-state index contributed by atoms with van der Waals surface area (Å²) < 4.78 is 1.31. The lowest BCUT2D eigenvalue weighted by Gasteiger charge is -2.06. The molecule has 1 atom stereocenters. The van der Waals surface area contributed by atoms with E-state index in [1.807, 2.05) is 6.92 Å². The third-order valence-corrected chi connectivity index (χ3v) is 1.60. The SMILES string of the molecule is CCc1nnnn1C(C)C(=O)O. The van der Waals surface area contributed by atoms with Crippen molar-refractivity contribution in [3.63, 3.8) is 0 Å². The number of aromatic nitrogens is 4. The largest absolute Gasteiger partial charge is 0.480 e. The molecule has 0 amide bonds. The maximum Gasteiger partial charge on any atom is 0.328 e. The van der Waals surface area contributed by atoms with E-state index in [4.69, 9.17) is 5.11 Å². The van der Waals surface area contributed by atoms with Gasteiger partial charge in [-0.1, -0.05) is 6.92 Å². The average molecular weight is 170 g/mol. The van der Waals surface area contributed by atoms with Crippen molar-refractivity contribution >= 4 is 5.97 Å². The standard InChI is InChI=1S/C6H10N4O2/c1-3-5-7-8-9-10(5)4(2)6(11)12/h4H,3H2,1-2H3,(H,11,12). The van der Waals surface area contributed by atoms with Crippen LogP contribution in [0.3, 0.4) is 0 Å². The minimum atomic E-state index is -0.933. The van der Waals surface area contributed by atoms with Crippen LogP contribution in [0.25, 0.3) is 0 Å². The van der Waals surface area contributed by atoms with E-state index in [-0.39, 0.29) is 0 Å². The number of carboxylic acid groups (broad SMARTS) is 1. The number of tetrazole rings is 1. The first-order valence-electron chi connectivity index (χ1n) is 3.66. The van der Waals surface area contributed by atoms with Crippen LogP contribution in [0.2, 0.25) is 0 Å². The lowest BCUT2D eigenvalue weighted by Crippen LogP contribution is -2.19. The van der Waals surface area contributed by atoms with Crippen LogP contribution < -0.4 is 0 Å². The third-order valence-electron chi connectivity index (χ3n) is 1.60. The highest BCUT2D eigenvalue weighted by Crippen LogP contribution is 2.05. The summed E-state index contributed by atoms with van der Waals surface area (Å²) in [7, 11) is 0. The molecule has 0 aromatic carbocycles. The molecule has 0 aliphatic carbocycles. The van der Waals surface area contributed by atoms with E-state index in [1.165, 1.54) is 11.6 Å². The predicted octanol–water partition coefficient (Wildman–Crippen LogP) is -0.119. The summed E-state index contributed by atoms with van der Waals surface area (Å²) in [6.07, 6.45) is 0.630. The minimum absolute atomic E-state index is 0.588. The summed E-state index contributed by atoms with van der Waals surface area (Å²) in [6, 6.07) is -0.699. The fourth-order valence-electron chi connectivity index (χ4n) is 0.850. The Hall–Kier alpha value is -1.46. The molecule has 0 fully saturated rings. The van der Waals surface area contributed by atoms with Crippen LogP contribution in [0.1, 0.15) is 25.7 Å². The average Bonchev–Trinajstić information content (AvgIpc) is 2.49. The Morgan fingerprint density at radius 3 is 2.92 bits per heavy atom. The van der Waals surface area contributed by atoms with Crippen molar-refractivity contribution in [2.75, 3.05) is 0 Å². The van der Waals surface area contributed by atoms with E-state index in [0.29, 0.717) is 12.2 Å². The number of hydrogen-bond donors (Lipinski definition) is 1. The molecule has 0 spiro atoms. The van der Waals surface area contributed by atoms with Gasteiger partial charge in [-0.25, -0.2) is 9.48 Å². The van der Waals surface area contributed by atoms with Gasteiger partial charge in [0.25, 0.3) is 0 Å². The van der Waals surface area contributed by atoms with Crippen LogP contribution in [0, 0.1) is 0 Å². The molecule has 1 heterocycles. The van der Waals surface area contributed by atoms with Crippen molar-refractivity contribution in [2.24, 2.45) is 0 Å². The molecule has 66 valence electrons. The Kier molecular flexibility index (Phi) is 2.37. The number of hydrogen-bond acceptors (Lipinski definition) is 4. The molecule has 12 heavy (non-hydrogen) atoms. The molecular formula is C6H10N4O2. The fourth-order valence-corrected chi connectivity index (χ4v) is 0.850. The molecular weight excluding hydrogens is 160 g/mol. The second-order valence-electron chi connectivity index (χ2n) is 2.41. The molecule has 1 aromatic heterocycles. The second-order valence-corrected chi connectivity index (χ2v) is 2.41. The highest BCUT2D eigenvalue weighted by Gasteiger charge is 2.17. The van der Waals surface area contributed by atoms with Gasteiger partial charge in [-0.3, -0.25) is 0 Å². The summed E-state index contributed by atoms with van der Waals surface area (Å²) in [5.74, 6) is -0.345. The van der Waals surface area contributed by atoms with Crippen molar-refractivity contribution in [2.45, 2.75) is 26.3 Å². The molecule has 0 saturated heterocycles. The van der Waals surface area contributed by atoms with Crippen LogP contribution in [0.15, 0.2) is 0 Å². The predicted molar refractivity (Wildman–Crippen MR) is 39.5 cm³/mol. The van der Waals surface area contributed by atoms with Crippen molar-refractivity contribution in [1.29, 1.82) is 0 Å². The molecule has 0 aliphatic rings. The van der Waals surface area contributed by atoms with Gasteiger partial charge in [0.05, 0.1) is 0 Å². The summed E-state index contributed by atoms with van der Waals surface area (Å²) in [5, 5.41) is 19.3. The highest BCUT2D eigenvalue weighted by atomic mass is 16.4. The molecule has 1 N–H and O–H groups in total. The van der Waals surface area contributed by atoms with E-state index in [2.05, 4.69) is 15.5 Å². The van der Waals surface area contributed by atoms with E-state index < -0.39 is 12.0 Å². The number of carbonyl (C=O) groups is 1. The molecule has 0 saturated carbocycles.